The van der Waals surface area contributed by atoms with Gasteiger partial charge in [-0.1, -0.05) is 29.3 Å². The Morgan fingerprint density at radius 3 is 2.62 bits per heavy atom. The summed E-state index contributed by atoms with van der Waals surface area (Å²) in [6.07, 6.45) is 1.19. The minimum atomic E-state index is 0.481. The van der Waals surface area contributed by atoms with E-state index in [4.69, 9.17) is 23.2 Å². The van der Waals surface area contributed by atoms with Crippen LogP contribution in [-0.2, 0) is 0 Å². The molecule has 70 valence electrons. The van der Waals surface area contributed by atoms with Gasteiger partial charge in [0.1, 0.15) is 0 Å². The van der Waals surface area contributed by atoms with Crippen LogP contribution in [0.1, 0.15) is 23.6 Å². The molecule has 1 heterocycles. The van der Waals surface area contributed by atoms with Crippen molar-refractivity contribution in [2.45, 2.75) is 19.4 Å². The number of rotatable bonds is 1. The van der Waals surface area contributed by atoms with E-state index in [1.807, 2.05) is 13.0 Å². The molecule has 0 aliphatic carbocycles. The average molecular weight is 216 g/mol. The smallest absolute Gasteiger partial charge is 0.0624 e. The van der Waals surface area contributed by atoms with Crippen LogP contribution in [0.25, 0.3) is 0 Å². The van der Waals surface area contributed by atoms with Gasteiger partial charge in [-0.15, -0.1) is 0 Å². The highest BCUT2D eigenvalue weighted by molar-refractivity contribution is 6.42. The van der Waals surface area contributed by atoms with E-state index in [-0.39, 0.29) is 0 Å². The van der Waals surface area contributed by atoms with Crippen LogP contribution in [0, 0.1) is 6.92 Å². The van der Waals surface area contributed by atoms with E-state index >= 15 is 0 Å². The van der Waals surface area contributed by atoms with Crippen LogP contribution in [0.5, 0.6) is 0 Å². The van der Waals surface area contributed by atoms with Crippen LogP contribution in [0.3, 0.4) is 0 Å². The van der Waals surface area contributed by atoms with Crippen molar-refractivity contribution < 1.29 is 0 Å². The molecule has 13 heavy (non-hydrogen) atoms. The molecule has 3 heteroatoms. The first-order chi connectivity index (χ1) is 6.20. The molecule has 2 rings (SSSR count). The van der Waals surface area contributed by atoms with Gasteiger partial charge in [-0.2, -0.15) is 0 Å². The van der Waals surface area contributed by atoms with Gasteiger partial charge in [0.25, 0.3) is 0 Å². The Balaban J connectivity index is 2.41. The fourth-order valence-electron chi connectivity index (χ4n) is 1.60. The predicted octanol–water partition coefficient (Wildman–Crippen LogP) is 3.34. The van der Waals surface area contributed by atoms with Gasteiger partial charge >= 0.3 is 0 Å². The van der Waals surface area contributed by atoms with Crippen LogP contribution >= 0.6 is 23.2 Å². The van der Waals surface area contributed by atoms with Gasteiger partial charge in [0.15, 0.2) is 0 Å². The van der Waals surface area contributed by atoms with E-state index in [2.05, 4.69) is 11.4 Å². The molecule has 1 aliphatic heterocycles. The zero-order valence-electron chi connectivity index (χ0n) is 7.40. The van der Waals surface area contributed by atoms with Crippen molar-refractivity contribution in [2.75, 3.05) is 6.54 Å². The molecule has 0 aromatic heterocycles. The maximum absolute atomic E-state index is 6.05. The first kappa shape index (κ1) is 9.32. The van der Waals surface area contributed by atoms with Crippen molar-refractivity contribution >= 4 is 23.2 Å². The molecule has 0 radical (unpaired) electrons. The third kappa shape index (κ3) is 1.56. The molecule has 1 N–H and O–H groups in total. The Bertz CT molecular complexity index is 332. The molecular formula is C10H11Cl2N. The highest BCUT2D eigenvalue weighted by Crippen LogP contribution is 2.33. The Kier molecular flexibility index (Phi) is 2.50. The molecule has 0 spiro atoms. The molecular weight excluding hydrogens is 205 g/mol. The second kappa shape index (κ2) is 3.49. The minimum Gasteiger partial charge on any atom is -0.310 e. The van der Waals surface area contributed by atoms with Crippen molar-refractivity contribution in [2.24, 2.45) is 0 Å². The molecule has 1 unspecified atom stereocenters. The summed E-state index contributed by atoms with van der Waals surface area (Å²) in [4.78, 5) is 0. The first-order valence-corrected chi connectivity index (χ1v) is 5.13. The number of nitrogens with one attached hydrogen (secondary N) is 1. The van der Waals surface area contributed by atoms with E-state index in [1.165, 1.54) is 12.0 Å². The van der Waals surface area contributed by atoms with Gasteiger partial charge in [-0.05, 0) is 37.1 Å². The molecule has 0 amide bonds. The maximum atomic E-state index is 6.05. The van der Waals surface area contributed by atoms with Crippen LogP contribution in [0.4, 0.5) is 0 Å². The summed E-state index contributed by atoms with van der Waals surface area (Å²) in [6.45, 7) is 3.12. The van der Waals surface area contributed by atoms with Crippen molar-refractivity contribution in [1.82, 2.24) is 5.32 Å². The van der Waals surface area contributed by atoms with Gasteiger partial charge in [0.05, 0.1) is 10.0 Å². The second-order valence-corrected chi connectivity index (χ2v) is 4.16. The Morgan fingerprint density at radius 1 is 1.38 bits per heavy atom. The van der Waals surface area contributed by atoms with Gasteiger partial charge < -0.3 is 5.32 Å². The zero-order chi connectivity index (χ0) is 9.42. The molecule has 0 bridgehead atoms. The summed E-state index contributed by atoms with van der Waals surface area (Å²) in [5.74, 6) is 0. The van der Waals surface area contributed by atoms with E-state index < -0.39 is 0 Å². The number of hydrogen-bond acceptors (Lipinski definition) is 1. The largest absolute Gasteiger partial charge is 0.310 e. The molecule has 0 saturated carbocycles. The summed E-state index contributed by atoms with van der Waals surface area (Å²) in [6, 6.07) is 4.40. The van der Waals surface area contributed by atoms with Crippen molar-refractivity contribution in [3.05, 3.63) is 33.3 Å². The molecule has 1 atom stereocenters. The van der Waals surface area contributed by atoms with Crippen LogP contribution < -0.4 is 5.32 Å². The van der Waals surface area contributed by atoms with Crippen molar-refractivity contribution in [1.29, 1.82) is 0 Å². The Hall–Kier alpha value is -0.240. The van der Waals surface area contributed by atoms with Crippen molar-refractivity contribution in [3.63, 3.8) is 0 Å². The molecule has 1 aromatic rings. The minimum absolute atomic E-state index is 0.481. The summed E-state index contributed by atoms with van der Waals surface area (Å²) < 4.78 is 0. The molecule has 1 aromatic carbocycles. The average Bonchev–Trinajstić information content (AvgIpc) is 2.03. The van der Waals surface area contributed by atoms with Gasteiger partial charge in [0.2, 0.25) is 0 Å². The quantitative estimate of drug-likeness (QED) is 0.759. The second-order valence-electron chi connectivity index (χ2n) is 3.37. The Labute approximate surface area is 88.0 Å². The van der Waals surface area contributed by atoms with E-state index in [9.17, 15) is 0 Å². The number of benzene rings is 1. The topological polar surface area (TPSA) is 12.0 Å². The fourth-order valence-corrected chi connectivity index (χ4v) is 1.98. The SMILES string of the molecule is Cc1c(C2CCN2)ccc(Cl)c1Cl. The summed E-state index contributed by atoms with van der Waals surface area (Å²) in [7, 11) is 0. The number of halogens is 2. The highest BCUT2D eigenvalue weighted by Gasteiger charge is 2.21. The normalized spacial score (nSPS) is 21.3. The third-order valence-corrected chi connectivity index (χ3v) is 3.48. The van der Waals surface area contributed by atoms with Crippen LogP contribution in [0.2, 0.25) is 10.0 Å². The van der Waals surface area contributed by atoms with Gasteiger partial charge in [-0.3, -0.25) is 0 Å². The predicted molar refractivity (Wildman–Crippen MR) is 56.6 cm³/mol. The van der Waals surface area contributed by atoms with E-state index in [0.717, 1.165) is 12.1 Å². The molecule has 1 nitrogen and oxygen atoms in total. The summed E-state index contributed by atoms with van der Waals surface area (Å²) >= 11 is 11.9. The lowest BCUT2D eigenvalue weighted by atomic mass is 9.94. The summed E-state index contributed by atoms with van der Waals surface area (Å²) in [5.41, 5.74) is 2.38. The lowest BCUT2D eigenvalue weighted by molar-refractivity contribution is 0.382. The fraction of sp³-hybridized carbons (Fsp3) is 0.400. The van der Waals surface area contributed by atoms with E-state index in [0.29, 0.717) is 16.1 Å². The third-order valence-electron chi connectivity index (χ3n) is 2.58. The van der Waals surface area contributed by atoms with Crippen LogP contribution in [-0.4, -0.2) is 6.54 Å². The lowest BCUT2D eigenvalue weighted by Crippen LogP contribution is -2.35. The van der Waals surface area contributed by atoms with Gasteiger partial charge in [-0.25, -0.2) is 0 Å². The van der Waals surface area contributed by atoms with E-state index in [1.54, 1.807) is 0 Å². The standard InChI is InChI=1S/C10H11Cl2N/c1-6-7(9-4-5-13-9)2-3-8(11)10(6)12/h2-3,9,13H,4-5H2,1H3. The Morgan fingerprint density at radius 2 is 2.08 bits per heavy atom. The first-order valence-electron chi connectivity index (χ1n) is 4.38. The summed E-state index contributed by atoms with van der Waals surface area (Å²) in [5, 5.41) is 4.68. The van der Waals surface area contributed by atoms with Gasteiger partial charge in [0, 0.05) is 6.04 Å². The monoisotopic (exact) mass is 215 g/mol. The maximum Gasteiger partial charge on any atom is 0.0624 e. The van der Waals surface area contributed by atoms with Crippen molar-refractivity contribution in [3.8, 4) is 0 Å². The molecule has 1 aliphatic rings. The van der Waals surface area contributed by atoms with Crippen LogP contribution in [0.15, 0.2) is 12.1 Å². The molecule has 1 saturated heterocycles. The lowest BCUT2D eigenvalue weighted by Gasteiger charge is -2.29. The molecule has 1 fully saturated rings. The zero-order valence-corrected chi connectivity index (χ0v) is 8.91. The number of hydrogen-bond donors (Lipinski definition) is 1. The highest BCUT2D eigenvalue weighted by atomic mass is 35.5.